The molecule has 0 bridgehead atoms. The lowest BCUT2D eigenvalue weighted by Gasteiger charge is -2.19. The first-order valence-corrected chi connectivity index (χ1v) is 4.53. The summed E-state index contributed by atoms with van der Waals surface area (Å²) in [5.74, 6) is -0.270. The Kier molecular flexibility index (Phi) is 2.23. The van der Waals surface area contributed by atoms with E-state index in [4.69, 9.17) is 11.6 Å². The molecule has 0 spiro atoms. The molecule has 68 valence electrons. The second kappa shape index (κ2) is 3.38. The summed E-state index contributed by atoms with van der Waals surface area (Å²) in [6.07, 6.45) is 2.82. The van der Waals surface area contributed by atoms with Crippen molar-refractivity contribution in [2.75, 3.05) is 6.54 Å². The summed E-state index contributed by atoms with van der Waals surface area (Å²) >= 11 is 5.63. The largest absolute Gasteiger partial charge is 0.388 e. The molecular formula is C10H9ClFN. The van der Waals surface area contributed by atoms with Gasteiger partial charge in [0.15, 0.2) is 0 Å². The van der Waals surface area contributed by atoms with Crippen LogP contribution in [0.25, 0.3) is 6.08 Å². The zero-order valence-electron chi connectivity index (χ0n) is 6.98. The average molecular weight is 198 g/mol. The number of hydrogen-bond acceptors (Lipinski definition) is 1. The van der Waals surface area contributed by atoms with Gasteiger partial charge in [-0.2, -0.15) is 0 Å². The van der Waals surface area contributed by atoms with Crippen molar-refractivity contribution in [3.05, 3.63) is 40.3 Å². The minimum Gasteiger partial charge on any atom is -0.388 e. The predicted octanol–water partition coefficient (Wildman–Crippen LogP) is 2.81. The van der Waals surface area contributed by atoms with Gasteiger partial charge in [0.25, 0.3) is 0 Å². The number of rotatable bonds is 1. The van der Waals surface area contributed by atoms with Gasteiger partial charge in [0.2, 0.25) is 0 Å². The molecule has 0 unspecified atom stereocenters. The fourth-order valence-electron chi connectivity index (χ4n) is 1.20. The number of benzene rings is 1. The van der Waals surface area contributed by atoms with Crippen LogP contribution in [0.5, 0.6) is 0 Å². The molecule has 0 atom stereocenters. The molecule has 3 heteroatoms. The maximum absolute atomic E-state index is 13.2. The predicted molar refractivity (Wildman–Crippen MR) is 52.0 cm³/mol. The number of hydrogen-bond donors (Lipinski definition) is 1. The molecule has 1 fully saturated rings. The van der Waals surface area contributed by atoms with Crippen LogP contribution in [0.4, 0.5) is 4.39 Å². The molecule has 0 saturated carbocycles. The van der Waals surface area contributed by atoms with Gasteiger partial charge in [-0.3, -0.25) is 0 Å². The highest BCUT2D eigenvalue weighted by Crippen LogP contribution is 2.19. The van der Waals surface area contributed by atoms with E-state index in [9.17, 15) is 4.39 Å². The van der Waals surface area contributed by atoms with Gasteiger partial charge < -0.3 is 5.32 Å². The van der Waals surface area contributed by atoms with Crippen molar-refractivity contribution in [3.63, 3.8) is 0 Å². The third-order valence-corrected chi connectivity index (χ3v) is 2.27. The van der Waals surface area contributed by atoms with Gasteiger partial charge in [0.1, 0.15) is 5.82 Å². The van der Waals surface area contributed by atoms with E-state index >= 15 is 0 Å². The van der Waals surface area contributed by atoms with Crippen molar-refractivity contribution >= 4 is 17.7 Å². The third-order valence-electron chi connectivity index (χ3n) is 2.04. The maximum Gasteiger partial charge on any atom is 0.131 e. The Bertz CT molecular complexity index is 354. The van der Waals surface area contributed by atoms with Crippen LogP contribution in [-0.2, 0) is 0 Å². The van der Waals surface area contributed by atoms with Gasteiger partial charge in [0, 0.05) is 29.2 Å². The van der Waals surface area contributed by atoms with E-state index in [2.05, 4.69) is 5.32 Å². The second-order valence-corrected chi connectivity index (χ2v) is 3.45. The zero-order chi connectivity index (χ0) is 9.26. The first-order chi connectivity index (χ1) is 6.25. The maximum atomic E-state index is 13.2. The number of nitrogens with one attached hydrogen (secondary N) is 1. The van der Waals surface area contributed by atoms with Crippen LogP contribution in [0.3, 0.4) is 0 Å². The van der Waals surface area contributed by atoms with Crippen molar-refractivity contribution in [1.82, 2.24) is 5.32 Å². The molecular weight excluding hydrogens is 189 g/mol. The van der Waals surface area contributed by atoms with Crippen molar-refractivity contribution in [2.45, 2.75) is 6.42 Å². The highest BCUT2D eigenvalue weighted by Gasteiger charge is 2.08. The fraction of sp³-hybridized carbons (Fsp3) is 0.200. The smallest absolute Gasteiger partial charge is 0.131 e. The molecule has 1 heterocycles. The van der Waals surface area contributed by atoms with Gasteiger partial charge in [-0.1, -0.05) is 17.7 Å². The van der Waals surface area contributed by atoms with Gasteiger partial charge >= 0.3 is 0 Å². The quantitative estimate of drug-likeness (QED) is 0.730. The molecule has 1 aliphatic rings. The summed E-state index contributed by atoms with van der Waals surface area (Å²) < 4.78 is 13.2. The van der Waals surface area contributed by atoms with Crippen LogP contribution >= 0.6 is 11.6 Å². The Morgan fingerprint density at radius 1 is 1.46 bits per heavy atom. The zero-order valence-corrected chi connectivity index (χ0v) is 7.74. The van der Waals surface area contributed by atoms with Gasteiger partial charge in [-0.15, -0.1) is 0 Å². The summed E-state index contributed by atoms with van der Waals surface area (Å²) in [6, 6.07) is 4.70. The highest BCUT2D eigenvalue weighted by molar-refractivity contribution is 6.30. The first-order valence-electron chi connectivity index (χ1n) is 4.15. The molecule has 1 aliphatic heterocycles. The second-order valence-electron chi connectivity index (χ2n) is 3.01. The molecule has 1 nitrogen and oxygen atoms in total. The van der Waals surface area contributed by atoms with Gasteiger partial charge in [0.05, 0.1) is 0 Å². The molecule has 1 aromatic carbocycles. The van der Waals surface area contributed by atoms with Gasteiger partial charge in [-0.25, -0.2) is 4.39 Å². The minimum absolute atomic E-state index is 0.270. The molecule has 1 aromatic rings. The molecule has 0 aliphatic carbocycles. The molecule has 2 rings (SSSR count). The molecule has 0 radical (unpaired) electrons. The van der Waals surface area contributed by atoms with E-state index in [-0.39, 0.29) is 5.82 Å². The normalized spacial score (nSPS) is 18.2. The van der Waals surface area contributed by atoms with Gasteiger partial charge in [-0.05, 0) is 18.2 Å². The summed E-state index contributed by atoms with van der Waals surface area (Å²) in [5, 5.41) is 3.53. The Balaban J connectivity index is 2.29. The Morgan fingerprint density at radius 3 is 2.77 bits per heavy atom. The van der Waals surface area contributed by atoms with Crippen LogP contribution in [0.2, 0.25) is 5.02 Å². The van der Waals surface area contributed by atoms with Crippen LogP contribution < -0.4 is 5.32 Å². The van der Waals surface area contributed by atoms with Crippen molar-refractivity contribution in [3.8, 4) is 0 Å². The number of halogens is 2. The van der Waals surface area contributed by atoms with E-state index in [1.165, 1.54) is 6.07 Å². The monoisotopic (exact) mass is 197 g/mol. The first kappa shape index (κ1) is 8.57. The SMILES string of the molecule is Fc1cc(Cl)ccc1C=C1CCN1. The molecule has 1 N–H and O–H groups in total. The Hall–Kier alpha value is -1.02. The lowest BCUT2D eigenvalue weighted by molar-refractivity contribution is 0.619. The van der Waals surface area contributed by atoms with Crippen LogP contribution in [0.1, 0.15) is 12.0 Å². The standard InChI is InChI=1S/C10H9ClFN/c11-8-2-1-7(10(12)6-8)5-9-3-4-13-9/h1-2,5-6,13H,3-4H2. The van der Waals surface area contributed by atoms with E-state index in [0.29, 0.717) is 10.6 Å². The average Bonchev–Trinajstić information content (AvgIpc) is 1.99. The summed E-state index contributed by atoms with van der Waals surface area (Å²) in [4.78, 5) is 0. The van der Waals surface area contributed by atoms with Crippen molar-refractivity contribution < 1.29 is 4.39 Å². The molecule has 13 heavy (non-hydrogen) atoms. The Morgan fingerprint density at radius 2 is 2.23 bits per heavy atom. The summed E-state index contributed by atoms with van der Waals surface area (Å²) in [5.41, 5.74) is 1.67. The molecule has 0 aromatic heterocycles. The van der Waals surface area contributed by atoms with Crippen LogP contribution in [0, 0.1) is 5.82 Å². The lowest BCUT2D eigenvalue weighted by atomic mass is 10.1. The fourth-order valence-corrected chi connectivity index (χ4v) is 1.36. The van der Waals surface area contributed by atoms with E-state index in [1.807, 2.05) is 6.08 Å². The molecule has 1 saturated heterocycles. The van der Waals surface area contributed by atoms with Crippen LogP contribution in [0.15, 0.2) is 23.9 Å². The van der Waals surface area contributed by atoms with Crippen molar-refractivity contribution in [1.29, 1.82) is 0 Å². The van der Waals surface area contributed by atoms with E-state index in [0.717, 1.165) is 18.7 Å². The highest BCUT2D eigenvalue weighted by atomic mass is 35.5. The third kappa shape index (κ3) is 1.83. The van der Waals surface area contributed by atoms with Crippen LogP contribution in [-0.4, -0.2) is 6.54 Å². The van der Waals surface area contributed by atoms with E-state index < -0.39 is 0 Å². The Labute approximate surface area is 81.2 Å². The molecule has 0 amide bonds. The summed E-state index contributed by atoms with van der Waals surface area (Å²) in [6.45, 7) is 0.987. The lowest BCUT2D eigenvalue weighted by Crippen LogP contribution is -2.27. The minimum atomic E-state index is -0.270. The topological polar surface area (TPSA) is 12.0 Å². The van der Waals surface area contributed by atoms with Crippen molar-refractivity contribution in [2.24, 2.45) is 0 Å². The summed E-state index contributed by atoms with van der Waals surface area (Å²) in [7, 11) is 0. The van der Waals surface area contributed by atoms with E-state index in [1.54, 1.807) is 12.1 Å².